The number of esters is 1. The van der Waals surface area contributed by atoms with E-state index in [1.165, 1.54) is 24.3 Å². The molecule has 5 nitrogen and oxygen atoms in total. The summed E-state index contributed by atoms with van der Waals surface area (Å²) >= 11 is 6.47. The van der Waals surface area contributed by atoms with Gasteiger partial charge in [-0.2, -0.15) is 0 Å². The van der Waals surface area contributed by atoms with Crippen LogP contribution in [0.15, 0.2) is 23.1 Å². The van der Waals surface area contributed by atoms with Crippen LogP contribution >= 0.6 is 23.4 Å². The fourth-order valence-corrected chi connectivity index (χ4v) is 2.65. The molecule has 0 aliphatic carbocycles. The number of thioether (sulfide) groups is 1. The minimum absolute atomic E-state index is 0.00379. The van der Waals surface area contributed by atoms with E-state index in [9.17, 15) is 18.8 Å². The molecule has 8 heteroatoms. The number of carbonyl (C=O) groups excluding carboxylic acids is 3. The highest BCUT2D eigenvalue weighted by atomic mass is 35.5. The second-order valence-corrected chi connectivity index (χ2v) is 5.38. The molecule has 0 unspecified atom stereocenters. The summed E-state index contributed by atoms with van der Waals surface area (Å²) in [5, 5.41) is -0.501. The van der Waals surface area contributed by atoms with E-state index in [1.54, 1.807) is 0 Å². The van der Waals surface area contributed by atoms with Crippen molar-refractivity contribution in [2.24, 2.45) is 0 Å². The first-order valence-electron chi connectivity index (χ1n) is 5.70. The van der Waals surface area contributed by atoms with E-state index in [4.69, 9.17) is 11.6 Å². The average molecular weight is 330 g/mol. The van der Waals surface area contributed by atoms with Crippen molar-refractivity contribution >= 4 is 46.6 Å². The number of rotatable bonds is 3. The van der Waals surface area contributed by atoms with Gasteiger partial charge >= 0.3 is 5.97 Å². The largest absolute Gasteiger partial charge is 0.468 e. The highest BCUT2D eigenvalue weighted by molar-refractivity contribution is 8.18. The van der Waals surface area contributed by atoms with Crippen molar-refractivity contribution in [2.45, 2.75) is 0 Å². The topological polar surface area (TPSA) is 63.7 Å². The molecule has 1 fully saturated rings. The summed E-state index contributed by atoms with van der Waals surface area (Å²) in [5.74, 6) is -2.01. The molecule has 1 heterocycles. The number of carbonyl (C=O) groups is 3. The normalized spacial score (nSPS) is 16.7. The minimum Gasteiger partial charge on any atom is -0.468 e. The molecule has 110 valence electrons. The van der Waals surface area contributed by atoms with Crippen molar-refractivity contribution in [1.82, 2.24) is 4.90 Å². The number of nitrogens with zero attached hydrogens (tertiary/aromatic N) is 1. The predicted molar refractivity (Wildman–Crippen MR) is 76.1 cm³/mol. The molecule has 0 aromatic heterocycles. The Morgan fingerprint density at radius 1 is 1.48 bits per heavy atom. The summed E-state index contributed by atoms with van der Waals surface area (Å²) in [6.45, 7) is -0.483. The van der Waals surface area contributed by atoms with Gasteiger partial charge in [-0.3, -0.25) is 19.3 Å². The number of hydrogen-bond donors (Lipinski definition) is 0. The van der Waals surface area contributed by atoms with E-state index in [0.717, 1.165) is 12.0 Å². The SMILES string of the molecule is COC(=O)CN1C(=O)S/C(=C\c2c(F)cccc2Cl)C1=O. The van der Waals surface area contributed by atoms with E-state index < -0.39 is 29.5 Å². The Morgan fingerprint density at radius 2 is 2.19 bits per heavy atom. The van der Waals surface area contributed by atoms with Crippen molar-refractivity contribution in [3.05, 3.63) is 39.5 Å². The number of amides is 2. The van der Waals surface area contributed by atoms with Crippen LogP contribution in [0.4, 0.5) is 9.18 Å². The molecule has 1 aromatic carbocycles. The van der Waals surface area contributed by atoms with E-state index in [0.29, 0.717) is 11.8 Å². The van der Waals surface area contributed by atoms with Crippen LogP contribution < -0.4 is 0 Å². The molecule has 0 atom stereocenters. The average Bonchev–Trinajstić information content (AvgIpc) is 2.70. The summed E-state index contributed by atoms with van der Waals surface area (Å²) in [6, 6.07) is 4.09. The van der Waals surface area contributed by atoms with Crippen molar-refractivity contribution in [2.75, 3.05) is 13.7 Å². The number of halogens is 2. The van der Waals surface area contributed by atoms with Gasteiger partial charge in [0.05, 0.1) is 17.0 Å². The molecular weight excluding hydrogens is 321 g/mol. The van der Waals surface area contributed by atoms with E-state index >= 15 is 0 Å². The Kier molecular flexibility index (Phi) is 4.64. The Labute approximate surface area is 128 Å². The quantitative estimate of drug-likeness (QED) is 0.630. The zero-order chi connectivity index (χ0) is 15.6. The van der Waals surface area contributed by atoms with Gasteiger partial charge in [-0.25, -0.2) is 4.39 Å². The second-order valence-electron chi connectivity index (χ2n) is 3.98. The van der Waals surface area contributed by atoms with Crippen LogP contribution in [0.25, 0.3) is 6.08 Å². The first-order valence-corrected chi connectivity index (χ1v) is 6.89. The van der Waals surface area contributed by atoms with Gasteiger partial charge in [0.25, 0.3) is 11.1 Å². The lowest BCUT2D eigenvalue weighted by atomic mass is 10.2. The number of benzene rings is 1. The van der Waals surface area contributed by atoms with Gasteiger partial charge in [0.1, 0.15) is 12.4 Å². The molecule has 2 amide bonds. The maximum absolute atomic E-state index is 13.7. The molecule has 1 saturated heterocycles. The summed E-state index contributed by atoms with van der Waals surface area (Å²) < 4.78 is 18.1. The Morgan fingerprint density at radius 3 is 2.81 bits per heavy atom. The van der Waals surface area contributed by atoms with Gasteiger partial charge in [0, 0.05) is 5.56 Å². The van der Waals surface area contributed by atoms with Gasteiger partial charge < -0.3 is 4.74 Å². The summed E-state index contributed by atoms with van der Waals surface area (Å²) in [5.41, 5.74) is 0.0164. The Hall–Kier alpha value is -1.86. The smallest absolute Gasteiger partial charge is 0.325 e. The van der Waals surface area contributed by atoms with Crippen LogP contribution in [0, 0.1) is 5.82 Å². The highest BCUT2D eigenvalue weighted by Gasteiger charge is 2.36. The molecule has 1 aliphatic heterocycles. The number of hydrogen-bond acceptors (Lipinski definition) is 5. The van der Waals surface area contributed by atoms with Gasteiger partial charge in [0.15, 0.2) is 0 Å². The fourth-order valence-electron chi connectivity index (χ4n) is 1.61. The second kappa shape index (κ2) is 6.28. The minimum atomic E-state index is -0.720. The standard InChI is InChI=1S/C13H9ClFNO4S/c1-20-11(17)6-16-12(18)10(21-13(16)19)5-7-8(14)3-2-4-9(7)15/h2-5H,6H2,1H3/b10-5-. The summed E-state index contributed by atoms with van der Waals surface area (Å²) in [4.78, 5) is 35.6. The van der Waals surface area contributed by atoms with Crippen LogP contribution in [-0.2, 0) is 14.3 Å². The maximum Gasteiger partial charge on any atom is 0.325 e. The monoisotopic (exact) mass is 329 g/mol. The van der Waals surface area contributed by atoms with Gasteiger partial charge in [-0.05, 0) is 30.0 Å². The lowest BCUT2D eigenvalue weighted by Gasteiger charge is -2.09. The van der Waals surface area contributed by atoms with E-state index in [-0.39, 0.29) is 15.5 Å². The highest BCUT2D eigenvalue weighted by Crippen LogP contribution is 2.33. The van der Waals surface area contributed by atoms with Crippen LogP contribution in [0.5, 0.6) is 0 Å². The number of ether oxygens (including phenoxy) is 1. The third-order valence-corrected chi connectivity index (χ3v) is 3.90. The van der Waals surface area contributed by atoms with Crippen molar-refractivity contribution in [3.8, 4) is 0 Å². The molecular formula is C13H9ClFNO4S. The third kappa shape index (κ3) is 3.25. The van der Waals surface area contributed by atoms with E-state index in [2.05, 4.69) is 4.74 Å². The molecule has 0 saturated carbocycles. The number of methoxy groups -OCH3 is 1. The third-order valence-electron chi connectivity index (χ3n) is 2.66. The molecule has 2 rings (SSSR count). The van der Waals surface area contributed by atoms with Gasteiger partial charge in [0.2, 0.25) is 0 Å². The molecule has 1 aromatic rings. The molecule has 0 bridgehead atoms. The predicted octanol–water partition coefficient (Wildman–Crippen LogP) is 2.69. The first kappa shape index (κ1) is 15.5. The zero-order valence-corrected chi connectivity index (χ0v) is 12.3. The lowest BCUT2D eigenvalue weighted by molar-refractivity contribution is -0.143. The zero-order valence-electron chi connectivity index (χ0n) is 10.8. The van der Waals surface area contributed by atoms with E-state index in [1.807, 2.05) is 0 Å². The van der Waals surface area contributed by atoms with Crippen molar-refractivity contribution in [3.63, 3.8) is 0 Å². The maximum atomic E-state index is 13.7. The van der Waals surface area contributed by atoms with Gasteiger partial charge in [-0.15, -0.1) is 0 Å². The van der Waals surface area contributed by atoms with Crippen LogP contribution in [0.2, 0.25) is 5.02 Å². The molecule has 0 N–H and O–H groups in total. The summed E-state index contributed by atoms with van der Waals surface area (Å²) in [6.07, 6.45) is 1.19. The number of imide groups is 1. The first-order chi connectivity index (χ1) is 9.93. The van der Waals surface area contributed by atoms with Crippen LogP contribution in [-0.4, -0.2) is 35.7 Å². The van der Waals surface area contributed by atoms with Crippen LogP contribution in [0.1, 0.15) is 5.56 Å². The Bertz CT molecular complexity index is 641. The lowest BCUT2D eigenvalue weighted by Crippen LogP contribution is -2.34. The fraction of sp³-hybridized carbons (Fsp3) is 0.154. The molecule has 0 spiro atoms. The van der Waals surface area contributed by atoms with Crippen molar-refractivity contribution < 1.29 is 23.5 Å². The molecule has 21 heavy (non-hydrogen) atoms. The molecule has 1 aliphatic rings. The van der Waals surface area contributed by atoms with Crippen molar-refractivity contribution in [1.29, 1.82) is 0 Å². The van der Waals surface area contributed by atoms with Gasteiger partial charge in [-0.1, -0.05) is 17.7 Å². The molecule has 0 radical (unpaired) electrons. The Balaban J connectivity index is 2.30. The van der Waals surface area contributed by atoms with Crippen LogP contribution in [0.3, 0.4) is 0 Å². The summed E-state index contributed by atoms with van der Waals surface area (Å²) in [7, 11) is 1.15.